The fraction of sp³-hybridized carbons (Fsp3) is 0.900. The van der Waals surface area contributed by atoms with Crippen molar-refractivity contribution in [3.8, 4) is 0 Å². The maximum atomic E-state index is 13.6. The van der Waals surface area contributed by atoms with Crippen LogP contribution >= 0.6 is 22.6 Å². The lowest BCUT2D eigenvalue weighted by Crippen LogP contribution is -2.49. The minimum Gasteiger partial charge on any atom is -0.444 e. The van der Waals surface area contributed by atoms with Crippen LogP contribution < -0.4 is 5.32 Å². The van der Waals surface area contributed by atoms with Gasteiger partial charge in [-0.3, -0.25) is 0 Å². The molecule has 0 rings (SSSR count). The first-order valence-electron chi connectivity index (χ1n) is 4.80. The normalized spacial score (nSPS) is 14.6. The number of carbonyl (C=O) groups is 1. The molecule has 0 fully saturated rings. The van der Waals surface area contributed by atoms with Crippen LogP contribution in [0.15, 0.2) is 0 Å². The molecule has 0 saturated carbocycles. The second-order valence-electron chi connectivity index (χ2n) is 4.92. The van der Waals surface area contributed by atoms with Crippen LogP contribution in [0.25, 0.3) is 0 Å². The van der Waals surface area contributed by atoms with Gasteiger partial charge >= 0.3 is 6.09 Å². The molecule has 0 saturated heterocycles. The molecule has 1 amide bonds. The zero-order valence-electron chi connectivity index (χ0n) is 9.86. The van der Waals surface area contributed by atoms with Crippen molar-refractivity contribution in [3.05, 3.63) is 0 Å². The molecule has 0 aliphatic rings. The van der Waals surface area contributed by atoms with E-state index in [1.165, 1.54) is 13.8 Å². The number of halogens is 2. The molecule has 90 valence electrons. The van der Waals surface area contributed by atoms with Crippen LogP contribution in [0.1, 0.15) is 34.6 Å². The number of hydrogen-bond donors (Lipinski definition) is 1. The second kappa shape index (κ2) is 5.32. The van der Waals surface area contributed by atoms with Crippen molar-refractivity contribution in [2.75, 3.05) is 4.43 Å². The average Bonchev–Trinajstić information content (AvgIpc) is 1.94. The van der Waals surface area contributed by atoms with E-state index in [2.05, 4.69) is 5.32 Å². The van der Waals surface area contributed by atoms with Crippen molar-refractivity contribution in [1.82, 2.24) is 5.32 Å². The SMILES string of the molecule is CC(C)(C)OC(=O)NC(CI)C(C)(C)F. The molecule has 3 nitrogen and oxygen atoms in total. The fourth-order valence-electron chi connectivity index (χ4n) is 0.843. The summed E-state index contributed by atoms with van der Waals surface area (Å²) in [6.07, 6.45) is -0.574. The zero-order chi connectivity index (χ0) is 12.3. The Labute approximate surface area is 104 Å². The number of alkyl carbamates (subject to hydrolysis) is 1. The Morgan fingerprint density at radius 1 is 1.40 bits per heavy atom. The summed E-state index contributed by atoms with van der Waals surface area (Å²) in [6.45, 7) is 8.19. The van der Waals surface area contributed by atoms with E-state index in [1.807, 2.05) is 22.6 Å². The highest BCUT2D eigenvalue weighted by Crippen LogP contribution is 2.17. The first-order valence-corrected chi connectivity index (χ1v) is 6.33. The maximum Gasteiger partial charge on any atom is 0.408 e. The summed E-state index contributed by atoms with van der Waals surface area (Å²) in [6, 6.07) is -0.534. The minimum atomic E-state index is -1.45. The third-order valence-electron chi connectivity index (χ3n) is 1.67. The first-order chi connectivity index (χ1) is 6.56. The summed E-state index contributed by atoms with van der Waals surface area (Å²) in [5.41, 5.74) is -2.00. The lowest BCUT2D eigenvalue weighted by Gasteiger charge is -2.28. The third kappa shape index (κ3) is 6.92. The Kier molecular flexibility index (Phi) is 5.29. The van der Waals surface area contributed by atoms with Crippen LogP contribution in [-0.4, -0.2) is 27.8 Å². The monoisotopic (exact) mass is 331 g/mol. The summed E-state index contributed by atoms with van der Waals surface area (Å²) in [4.78, 5) is 11.4. The van der Waals surface area contributed by atoms with Gasteiger partial charge in [-0.2, -0.15) is 0 Å². The van der Waals surface area contributed by atoms with Gasteiger partial charge in [0.25, 0.3) is 0 Å². The Balaban J connectivity index is 4.27. The lowest BCUT2D eigenvalue weighted by atomic mass is 10.0. The van der Waals surface area contributed by atoms with Gasteiger partial charge in [0.05, 0.1) is 6.04 Å². The molecular formula is C10H19FINO2. The van der Waals surface area contributed by atoms with Crippen LogP contribution in [0.2, 0.25) is 0 Å². The van der Waals surface area contributed by atoms with E-state index in [-0.39, 0.29) is 0 Å². The van der Waals surface area contributed by atoms with Crippen LogP contribution in [0.5, 0.6) is 0 Å². The molecule has 5 heteroatoms. The van der Waals surface area contributed by atoms with Crippen molar-refractivity contribution < 1.29 is 13.9 Å². The molecule has 1 atom stereocenters. The van der Waals surface area contributed by atoms with E-state index in [0.717, 1.165) is 0 Å². The smallest absolute Gasteiger partial charge is 0.408 e. The lowest BCUT2D eigenvalue weighted by molar-refractivity contribution is 0.0442. The van der Waals surface area contributed by atoms with Crippen LogP contribution in [-0.2, 0) is 4.74 Å². The van der Waals surface area contributed by atoms with Gasteiger partial charge in [0.2, 0.25) is 0 Å². The molecule has 0 aromatic carbocycles. The number of amides is 1. The number of carbonyl (C=O) groups excluding carboxylic acids is 1. The molecule has 15 heavy (non-hydrogen) atoms. The molecular weight excluding hydrogens is 312 g/mol. The number of hydrogen-bond acceptors (Lipinski definition) is 2. The zero-order valence-corrected chi connectivity index (χ0v) is 12.0. The Hall–Kier alpha value is -0.0700. The minimum absolute atomic E-state index is 0.500. The van der Waals surface area contributed by atoms with Gasteiger partial charge in [-0.15, -0.1) is 0 Å². The standard InChI is InChI=1S/C10H19FINO2/c1-9(2,3)15-8(14)13-7(6-12)10(4,5)11/h7H,6H2,1-5H3,(H,13,14). The highest BCUT2D eigenvalue weighted by Gasteiger charge is 2.30. The van der Waals surface area contributed by atoms with Crippen molar-refractivity contribution >= 4 is 28.7 Å². The van der Waals surface area contributed by atoms with Crippen LogP contribution in [0.4, 0.5) is 9.18 Å². The quantitative estimate of drug-likeness (QED) is 0.638. The maximum absolute atomic E-state index is 13.6. The molecule has 0 heterocycles. The summed E-state index contributed by atoms with van der Waals surface area (Å²) in [5, 5.41) is 2.52. The van der Waals surface area contributed by atoms with E-state index in [9.17, 15) is 9.18 Å². The molecule has 0 bridgehead atoms. The number of nitrogens with one attached hydrogen (secondary N) is 1. The van der Waals surface area contributed by atoms with Crippen molar-refractivity contribution in [3.63, 3.8) is 0 Å². The summed E-state index contributed by atoms with van der Waals surface area (Å²) in [7, 11) is 0. The van der Waals surface area contributed by atoms with E-state index >= 15 is 0 Å². The van der Waals surface area contributed by atoms with Crippen LogP contribution in [0.3, 0.4) is 0 Å². The van der Waals surface area contributed by atoms with Crippen molar-refractivity contribution in [2.24, 2.45) is 0 Å². The third-order valence-corrected chi connectivity index (χ3v) is 2.55. The van der Waals surface area contributed by atoms with E-state index in [0.29, 0.717) is 4.43 Å². The van der Waals surface area contributed by atoms with Gasteiger partial charge < -0.3 is 10.1 Å². The fourth-order valence-corrected chi connectivity index (χ4v) is 2.11. The van der Waals surface area contributed by atoms with Crippen LogP contribution in [0, 0.1) is 0 Å². The van der Waals surface area contributed by atoms with Gasteiger partial charge in [-0.25, -0.2) is 9.18 Å². The molecule has 0 aliphatic heterocycles. The molecule has 1 unspecified atom stereocenters. The summed E-state index contributed by atoms with van der Waals surface area (Å²) in [5.74, 6) is 0. The first kappa shape index (κ1) is 14.9. The second-order valence-corrected chi connectivity index (χ2v) is 5.80. The summed E-state index contributed by atoms with van der Waals surface area (Å²) >= 11 is 2.04. The predicted octanol–water partition coefficient (Wildman–Crippen LogP) is 3.06. The molecule has 0 aromatic rings. The molecule has 0 aromatic heterocycles. The predicted molar refractivity (Wildman–Crippen MR) is 67.2 cm³/mol. The molecule has 1 N–H and O–H groups in total. The van der Waals surface area contributed by atoms with Gasteiger partial charge in [0, 0.05) is 4.43 Å². The number of rotatable bonds is 3. The highest BCUT2D eigenvalue weighted by atomic mass is 127. The van der Waals surface area contributed by atoms with E-state index in [4.69, 9.17) is 4.74 Å². The van der Waals surface area contributed by atoms with Gasteiger partial charge in [-0.05, 0) is 34.6 Å². The Morgan fingerprint density at radius 2 is 1.87 bits per heavy atom. The molecule has 0 radical (unpaired) electrons. The van der Waals surface area contributed by atoms with E-state index in [1.54, 1.807) is 20.8 Å². The molecule has 0 aliphatic carbocycles. The number of ether oxygens (including phenoxy) is 1. The Bertz CT molecular complexity index is 220. The number of alkyl halides is 2. The highest BCUT2D eigenvalue weighted by molar-refractivity contribution is 14.1. The Morgan fingerprint density at radius 3 is 2.13 bits per heavy atom. The molecule has 0 spiro atoms. The van der Waals surface area contributed by atoms with Gasteiger partial charge in [0.15, 0.2) is 0 Å². The van der Waals surface area contributed by atoms with Crippen molar-refractivity contribution in [1.29, 1.82) is 0 Å². The van der Waals surface area contributed by atoms with Gasteiger partial charge in [-0.1, -0.05) is 22.6 Å². The largest absolute Gasteiger partial charge is 0.444 e. The summed E-state index contributed by atoms with van der Waals surface area (Å²) < 4.78 is 19.1. The van der Waals surface area contributed by atoms with Crippen molar-refractivity contribution in [2.45, 2.75) is 51.9 Å². The van der Waals surface area contributed by atoms with E-state index < -0.39 is 23.4 Å². The average molecular weight is 331 g/mol. The topological polar surface area (TPSA) is 38.3 Å². The van der Waals surface area contributed by atoms with Gasteiger partial charge in [0.1, 0.15) is 11.3 Å².